The number of benzene rings is 2. The molecule has 4 N–H and O–H groups in total. The standard InChI is InChI=1S/C22H17F4N5O2/c1-31-9-15(17-19(27)28-10-29-20(17)31)14-6-5-13(8-16(14)22(24,25)26)30-21(33)18(32)11-3-2-4-12(23)7-11/h2-10,18,32H,1H3,(H,30,33)(H2,27,28,29). The molecule has 1 amide bonds. The van der Waals surface area contributed by atoms with Gasteiger partial charge in [0.25, 0.3) is 5.91 Å². The number of hydrogen-bond donors (Lipinski definition) is 3. The molecule has 1 unspecified atom stereocenters. The Hall–Kier alpha value is -3.99. The summed E-state index contributed by atoms with van der Waals surface area (Å²) >= 11 is 0. The highest BCUT2D eigenvalue weighted by molar-refractivity contribution is 6.02. The number of aliphatic hydroxyl groups is 1. The number of anilines is 2. The smallest absolute Gasteiger partial charge is 0.383 e. The van der Waals surface area contributed by atoms with E-state index < -0.39 is 29.6 Å². The van der Waals surface area contributed by atoms with Crippen molar-refractivity contribution in [2.45, 2.75) is 12.3 Å². The van der Waals surface area contributed by atoms with Crippen molar-refractivity contribution in [3.8, 4) is 11.1 Å². The minimum absolute atomic E-state index is 0.0271. The minimum atomic E-state index is -4.77. The molecule has 0 fully saturated rings. The molecule has 1 atom stereocenters. The Morgan fingerprint density at radius 1 is 1.15 bits per heavy atom. The number of nitrogen functional groups attached to an aromatic ring is 1. The van der Waals surface area contributed by atoms with Crippen LogP contribution in [0.4, 0.5) is 29.1 Å². The van der Waals surface area contributed by atoms with Crippen molar-refractivity contribution in [1.29, 1.82) is 0 Å². The highest BCUT2D eigenvalue weighted by Crippen LogP contribution is 2.42. The molecule has 0 aliphatic carbocycles. The lowest BCUT2D eigenvalue weighted by Crippen LogP contribution is -2.21. The van der Waals surface area contributed by atoms with Gasteiger partial charge in [0.15, 0.2) is 6.10 Å². The van der Waals surface area contributed by atoms with Crippen LogP contribution in [0.15, 0.2) is 55.0 Å². The Morgan fingerprint density at radius 3 is 2.61 bits per heavy atom. The summed E-state index contributed by atoms with van der Waals surface area (Å²) in [7, 11) is 1.62. The minimum Gasteiger partial charge on any atom is -0.383 e. The quantitative estimate of drug-likeness (QED) is 0.400. The summed E-state index contributed by atoms with van der Waals surface area (Å²) in [6, 6.07) is 7.93. The van der Waals surface area contributed by atoms with Gasteiger partial charge < -0.3 is 20.7 Å². The Balaban J connectivity index is 1.74. The second-order valence-corrected chi connectivity index (χ2v) is 7.32. The number of aliphatic hydroxyl groups excluding tert-OH is 1. The van der Waals surface area contributed by atoms with E-state index in [0.717, 1.165) is 18.2 Å². The normalized spacial score (nSPS) is 12.7. The number of halogens is 4. The van der Waals surface area contributed by atoms with Gasteiger partial charge in [0.1, 0.15) is 23.6 Å². The number of nitrogens with two attached hydrogens (primary N) is 1. The molecular weight excluding hydrogens is 442 g/mol. The van der Waals surface area contributed by atoms with Gasteiger partial charge in [0, 0.05) is 24.5 Å². The van der Waals surface area contributed by atoms with Crippen molar-refractivity contribution >= 4 is 28.4 Å². The van der Waals surface area contributed by atoms with Crippen LogP contribution in [0.5, 0.6) is 0 Å². The van der Waals surface area contributed by atoms with Crippen LogP contribution in [-0.4, -0.2) is 25.5 Å². The average molecular weight is 459 g/mol. The third-order valence-corrected chi connectivity index (χ3v) is 5.08. The number of carbonyl (C=O) groups excluding carboxylic acids is 1. The monoisotopic (exact) mass is 459 g/mol. The number of alkyl halides is 3. The molecule has 0 saturated heterocycles. The van der Waals surface area contributed by atoms with Crippen molar-refractivity contribution in [3.63, 3.8) is 0 Å². The summed E-state index contributed by atoms with van der Waals surface area (Å²) in [5.41, 5.74) is 5.00. The van der Waals surface area contributed by atoms with Gasteiger partial charge in [-0.05, 0) is 35.4 Å². The van der Waals surface area contributed by atoms with Crippen LogP contribution in [0.1, 0.15) is 17.2 Å². The third kappa shape index (κ3) is 4.22. The van der Waals surface area contributed by atoms with Crippen molar-refractivity contribution in [1.82, 2.24) is 14.5 Å². The van der Waals surface area contributed by atoms with E-state index in [2.05, 4.69) is 15.3 Å². The topological polar surface area (TPSA) is 106 Å². The van der Waals surface area contributed by atoms with Gasteiger partial charge in [-0.3, -0.25) is 4.79 Å². The Morgan fingerprint density at radius 2 is 1.91 bits per heavy atom. The van der Waals surface area contributed by atoms with E-state index in [1.54, 1.807) is 7.05 Å². The molecule has 7 nitrogen and oxygen atoms in total. The molecule has 2 aromatic carbocycles. The molecular formula is C22H17F4N5O2. The molecule has 4 aromatic rings. The van der Waals surface area contributed by atoms with Crippen LogP contribution in [-0.2, 0) is 18.0 Å². The van der Waals surface area contributed by atoms with Gasteiger partial charge in [-0.15, -0.1) is 0 Å². The predicted octanol–water partition coefficient (Wildman–Crippen LogP) is 4.05. The molecule has 170 valence electrons. The third-order valence-electron chi connectivity index (χ3n) is 5.08. The van der Waals surface area contributed by atoms with Crippen LogP contribution in [0.2, 0.25) is 0 Å². The van der Waals surface area contributed by atoms with Gasteiger partial charge in [0.05, 0.1) is 10.9 Å². The van der Waals surface area contributed by atoms with Crippen molar-refractivity contribution in [2.24, 2.45) is 7.05 Å². The zero-order valence-corrected chi connectivity index (χ0v) is 17.1. The van der Waals surface area contributed by atoms with Crippen molar-refractivity contribution < 1.29 is 27.5 Å². The second-order valence-electron chi connectivity index (χ2n) is 7.32. The molecule has 11 heteroatoms. The van der Waals surface area contributed by atoms with E-state index in [0.29, 0.717) is 5.65 Å². The number of nitrogens with one attached hydrogen (secondary N) is 1. The van der Waals surface area contributed by atoms with Crippen LogP contribution in [0, 0.1) is 5.82 Å². The Bertz CT molecular complexity index is 1370. The van der Waals surface area contributed by atoms with Gasteiger partial charge in [-0.1, -0.05) is 18.2 Å². The zero-order chi connectivity index (χ0) is 23.9. The molecule has 4 rings (SSSR count). The molecule has 0 aliphatic heterocycles. The van der Waals surface area contributed by atoms with E-state index in [4.69, 9.17) is 5.73 Å². The fraction of sp³-hybridized carbons (Fsp3) is 0.136. The summed E-state index contributed by atoms with van der Waals surface area (Å²) in [6.45, 7) is 0. The zero-order valence-electron chi connectivity index (χ0n) is 17.1. The van der Waals surface area contributed by atoms with Crippen LogP contribution < -0.4 is 11.1 Å². The summed E-state index contributed by atoms with van der Waals surface area (Å²) in [6.07, 6.45) is -3.87. The van der Waals surface area contributed by atoms with Crippen molar-refractivity contribution in [3.05, 3.63) is 71.9 Å². The van der Waals surface area contributed by atoms with Crippen LogP contribution in [0.25, 0.3) is 22.2 Å². The first-order valence-electron chi connectivity index (χ1n) is 9.57. The Kier molecular flexibility index (Phi) is 5.50. The number of carbonyl (C=O) groups is 1. The maximum atomic E-state index is 14.0. The van der Waals surface area contributed by atoms with E-state index in [1.807, 2.05) is 0 Å². The number of fused-ring (bicyclic) bond motifs is 1. The molecule has 0 saturated carbocycles. The van der Waals surface area contributed by atoms with Gasteiger partial charge in [-0.2, -0.15) is 13.2 Å². The molecule has 2 aromatic heterocycles. The molecule has 0 aliphatic rings. The molecule has 0 spiro atoms. The predicted molar refractivity (Wildman–Crippen MR) is 113 cm³/mol. The first-order valence-corrected chi connectivity index (χ1v) is 9.57. The summed E-state index contributed by atoms with van der Waals surface area (Å²) in [5.74, 6) is -1.65. The molecule has 33 heavy (non-hydrogen) atoms. The number of aromatic nitrogens is 3. The number of aryl methyl sites for hydroxylation is 1. The lowest BCUT2D eigenvalue weighted by Gasteiger charge is -2.16. The lowest BCUT2D eigenvalue weighted by atomic mass is 9.98. The summed E-state index contributed by atoms with van der Waals surface area (Å²) in [4.78, 5) is 20.3. The fourth-order valence-electron chi connectivity index (χ4n) is 3.57. The van der Waals surface area contributed by atoms with Gasteiger partial charge in [0.2, 0.25) is 0 Å². The van der Waals surface area contributed by atoms with E-state index in [9.17, 15) is 27.5 Å². The van der Waals surface area contributed by atoms with Gasteiger partial charge >= 0.3 is 6.18 Å². The van der Waals surface area contributed by atoms with E-state index in [1.165, 1.54) is 41.4 Å². The maximum absolute atomic E-state index is 14.0. The van der Waals surface area contributed by atoms with Crippen molar-refractivity contribution in [2.75, 3.05) is 11.1 Å². The first kappa shape index (κ1) is 22.2. The number of hydrogen-bond acceptors (Lipinski definition) is 5. The largest absolute Gasteiger partial charge is 0.417 e. The Labute approximate surface area is 184 Å². The number of amides is 1. The molecule has 0 radical (unpaired) electrons. The highest BCUT2D eigenvalue weighted by atomic mass is 19.4. The average Bonchev–Trinajstić information content (AvgIpc) is 3.10. The van der Waals surface area contributed by atoms with Crippen LogP contribution in [0.3, 0.4) is 0 Å². The maximum Gasteiger partial charge on any atom is 0.417 e. The second kappa shape index (κ2) is 8.17. The lowest BCUT2D eigenvalue weighted by molar-refractivity contribution is -0.137. The number of nitrogens with zero attached hydrogens (tertiary/aromatic N) is 3. The first-order chi connectivity index (χ1) is 15.6. The highest BCUT2D eigenvalue weighted by Gasteiger charge is 2.35. The fourth-order valence-corrected chi connectivity index (χ4v) is 3.57. The van der Waals surface area contributed by atoms with Crippen LogP contribution >= 0.6 is 0 Å². The molecule has 0 bridgehead atoms. The summed E-state index contributed by atoms with van der Waals surface area (Å²) in [5, 5.41) is 12.7. The SMILES string of the molecule is Cn1cc(-c2ccc(NC(=O)C(O)c3cccc(F)c3)cc2C(F)(F)F)c2c(N)ncnc21. The number of rotatable bonds is 4. The van der Waals surface area contributed by atoms with E-state index >= 15 is 0 Å². The van der Waals surface area contributed by atoms with Gasteiger partial charge in [-0.25, -0.2) is 14.4 Å². The molecule has 2 heterocycles. The van der Waals surface area contributed by atoms with E-state index in [-0.39, 0.29) is 33.6 Å². The summed E-state index contributed by atoms with van der Waals surface area (Å²) < 4.78 is 56.8.